The molecule has 2 fully saturated rings. The second kappa shape index (κ2) is 9.22. The highest BCUT2D eigenvalue weighted by molar-refractivity contribution is 6.01. The second-order valence-corrected chi connectivity index (χ2v) is 7.43. The summed E-state index contributed by atoms with van der Waals surface area (Å²) < 4.78 is 5.65. The van der Waals surface area contributed by atoms with E-state index in [4.69, 9.17) is 4.74 Å². The number of hydrogen-bond acceptors (Lipinski definition) is 4. The first kappa shape index (κ1) is 19.7. The number of ether oxygens (including phenoxy) is 1. The molecule has 6 nitrogen and oxygen atoms in total. The van der Waals surface area contributed by atoms with Crippen LogP contribution < -0.4 is 15.0 Å². The van der Waals surface area contributed by atoms with Gasteiger partial charge in [0.1, 0.15) is 5.75 Å². The van der Waals surface area contributed by atoms with Crippen LogP contribution in [0.1, 0.15) is 39.5 Å². The van der Waals surface area contributed by atoms with Gasteiger partial charge in [-0.3, -0.25) is 9.59 Å². The summed E-state index contributed by atoms with van der Waals surface area (Å²) in [5.41, 5.74) is 0.757. The van der Waals surface area contributed by atoms with Gasteiger partial charge in [0.05, 0.1) is 18.2 Å². The van der Waals surface area contributed by atoms with Crippen molar-refractivity contribution in [2.75, 3.05) is 37.7 Å². The van der Waals surface area contributed by atoms with Crippen LogP contribution in [0.3, 0.4) is 0 Å². The summed E-state index contributed by atoms with van der Waals surface area (Å²) in [6.45, 7) is 8.28. The van der Waals surface area contributed by atoms with Crippen molar-refractivity contribution in [1.82, 2.24) is 10.2 Å². The third-order valence-electron chi connectivity index (χ3n) is 5.43. The number of piperidine rings is 1. The zero-order valence-electron chi connectivity index (χ0n) is 16.4. The van der Waals surface area contributed by atoms with Crippen LogP contribution in [0.5, 0.6) is 5.75 Å². The molecule has 148 valence electrons. The predicted molar refractivity (Wildman–Crippen MR) is 106 cm³/mol. The SMILES string of the molecule is CCCN1CCC(NC(=O)C2CC(=O)N(c3ccccc3OCC)C2)CC1. The summed E-state index contributed by atoms with van der Waals surface area (Å²) in [7, 11) is 0. The van der Waals surface area contributed by atoms with Crippen molar-refractivity contribution in [3.63, 3.8) is 0 Å². The van der Waals surface area contributed by atoms with Gasteiger partial charge in [-0.2, -0.15) is 0 Å². The Hall–Kier alpha value is -2.08. The molecule has 0 aliphatic carbocycles. The Morgan fingerprint density at radius 2 is 1.96 bits per heavy atom. The van der Waals surface area contributed by atoms with Gasteiger partial charge in [-0.05, 0) is 44.9 Å². The van der Waals surface area contributed by atoms with E-state index in [1.165, 1.54) is 6.42 Å². The van der Waals surface area contributed by atoms with Gasteiger partial charge in [0.25, 0.3) is 0 Å². The van der Waals surface area contributed by atoms with Crippen LogP contribution >= 0.6 is 0 Å². The van der Waals surface area contributed by atoms with Crippen LogP contribution in [0.2, 0.25) is 0 Å². The number of carbonyl (C=O) groups is 2. The van der Waals surface area contributed by atoms with Crippen LogP contribution in [0.15, 0.2) is 24.3 Å². The zero-order chi connectivity index (χ0) is 19.2. The summed E-state index contributed by atoms with van der Waals surface area (Å²) >= 11 is 0. The molecule has 6 heteroatoms. The standard InChI is InChI=1S/C21H31N3O3/c1-3-11-23-12-9-17(10-13-23)22-21(26)16-14-20(25)24(15-16)18-7-5-6-8-19(18)27-4-2/h5-8,16-17H,3-4,9-15H2,1-2H3,(H,22,26). The van der Waals surface area contributed by atoms with Gasteiger partial charge in [-0.15, -0.1) is 0 Å². The van der Waals surface area contributed by atoms with Crippen LogP contribution in [0, 0.1) is 5.92 Å². The fraction of sp³-hybridized carbons (Fsp3) is 0.619. The van der Waals surface area contributed by atoms with Gasteiger partial charge in [-0.1, -0.05) is 19.1 Å². The molecular weight excluding hydrogens is 342 g/mol. The lowest BCUT2D eigenvalue weighted by atomic mass is 10.0. The molecule has 0 bridgehead atoms. The maximum Gasteiger partial charge on any atom is 0.227 e. The molecule has 2 amide bonds. The Kier molecular flexibility index (Phi) is 6.72. The van der Waals surface area contributed by atoms with Crippen molar-refractivity contribution >= 4 is 17.5 Å². The van der Waals surface area contributed by atoms with E-state index in [-0.39, 0.29) is 30.2 Å². The quantitative estimate of drug-likeness (QED) is 0.797. The lowest BCUT2D eigenvalue weighted by Crippen LogP contribution is -2.46. The van der Waals surface area contributed by atoms with Gasteiger partial charge in [0.15, 0.2) is 0 Å². The minimum Gasteiger partial charge on any atom is -0.492 e. The van der Waals surface area contributed by atoms with Crippen molar-refractivity contribution < 1.29 is 14.3 Å². The first-order valence-electron chi connectivity index (χ1n) is 10.2. The van der Waals surface area contributed by atoms with E-state index in [0.29, 0.717) is 18.9 Å². The van der Waals surface area contributed by atoms with Crippen LogP contribution in [0.4, 0.5) is 5.69 Å². The highest BCUT2D eigenvalue weighted by atomic mass is 16.5. The first-order valence-corrected chi connectivity index (χ1v) is 10.2. The van der Waals surface area contributed by atoms with Crippen LogP contribution in [-0.2, 0) is 9.59 Å². The van der Waals surface area contributed by atoms with Gasteiger partial charge in [0, 0.05) is 32.1 Å². The Morgan fingerprint density at radius 1 is 1.22 bits per heavy atom. The zero-order valence-corrected chi connectivity index (χ0v) is 16.4. The lowest BCUT2D eigenvalue weighted by molar-refractivity contribution is -0.127. The summed E-state index contributed by atoms with van der Waals surface area (Å²) in [5, 5.41) is 3.18. The molecule has 1 N–H and O–H groups in total. The number of likely N-dealkylation sites (tertiary alicyclic amines) is 1. The summed E-state index contributed by atoms with van der Waals surface area (Å²) in [6.07, 6.45) is 3.41. The molecule has 0 radical (unpaired) electrons. The number of nitrogens with zero attached hydrogens (tertiary/aromatic N) is 2. The van der Waals surface area contributed by atoms with Crippen molar-refractivity contribution in [3.05, 3.63) is 24.3 Å². The first-order chi connectivity index (χ1) is 13.1. The summed E-state index contributed by atoms with van der Waals surface area (Å²) in [6, 6.07) is 7.76. The van der Waals surface area contributed by atoms with Crippen LogP contribution in [0.25, 0.3) is 0 Å². The number of benzene rings is 1. The normalized spacial score (nSPS) is 21.5. The average molecular weight is 373 g/mol. The largest absolute Gasteiger partial charge is 0.492 e. The smallest absolute Gasteiger partial charge is 0.227 e. The minimum absolute atomic E-state index is 0.00804. The van der Waals surface area contributed by atoms with Gasteiger partial charge in [-0.25, -0.2) is 0 Å². The number of amides is 2. The highest BCUT2D eigenvalue weighted by Gasteiger charge is 2.37. The predicted octanol–water partition coefficient (Wildman–Crippen LogP) is 2.43. The molecule has 0 saturated carbocycles. The molecule has 1 unspecified atom stereocenters. The summed E-state index contributed by atoms with van der Waals surface area (Å²) in [4.78, 5) is 29.4. The Bertz CT molecular complexity index is 656. The molecule has 0 aromatic heterocycles. The molecule has 3 rings (SSSR count). The van der Waals surface area contributed by atoms with E-state index in [1.807, 2.05) is 31.2 Å². The van der Waals surface area contributed by atoms with Crippen molar-refractivity contribution in [3.8, 4) is 5.75 Å². The molecule has 2 heterocycles. The van der Waals surface area contributed by atoms with E-state index in [1.54, 1.807) is 4.90 Å². The molecule has 2 saturated heterocycles. The Labute approximate surface area is 161 Å². The van der Waals surface area contributed by atoms with Gasteiger partial charge in [0.2, 0.25) is 11.8 Å². The number of anilines is 1. The third kappa shape index (κ3) is 4.80. The number of para-hydroxylation sites is 2. The van der Waals surface area contributed by atoms with Gasteiger partial charge < -0.3 is 19.9 Å². The fourth-order valence-corrected chi connectivity index (χ4v) is 4.01. The molecule has 1 aromatic rings. The maximum atomic E-state index is 12.7. The third-order valence-corrected chi connectivity index (χ3v) is 5.43. The van der Waals surface area contributed by atoms with Crippen molar-refractivity contribution in [1.29, 1.82) is 0 Å². The average Bonchev–Trinajstić information content (AvgIpc) is 3.06. The van der Waals surface area contributed by atoms with Crippen molar-refractivity contribution in [2.45, 2.75) is 45.6 Å². The topological polar surface area (TPSA) is 61.9 Å². The van der Waals surface area contributed by atoms with Crippen LogP contribution in [-0.4, -0.2) is 55.5 Å². The summed E-state index contributed by atoms with van der Waals surface area (Å²) in [5.74, 6) is 0.396. The highest BCUT2D eigenvalue weighted by Crippen LogP contribution is 2.33. The number of nitrogens with one attached hydrogen (secondary N) is 1. The Balaban J connectivity index is 1.57. The van der Waals surface area contributed by atoms with Gasteiger partial charge >= 0.3 is 0 Å². The number of carbonyl (C=O) groups excluding carboxylic acids is 2. The molecule has 2 aliphatic rings. The van der Waals surface area contributed by atoms with E-state index in [9.17, 15) is 9.59 Å². The fourth-order valence-electron chi connectivity index (χ4n) is 4.01. The molecule has 1 atom stereocenters. The lowest BCUT2D eigenvalue weighted by Gasteiger charge is -2.32. The second-order valence-electron chi connectivity index (χ2n) is 7.43. The maximum absolute atomic E-state index is 12.7. The Morgan fingerprint density at radius 3 is 2.67 bits per heavy atom. The van der Waals surface area contributed by atoms with E-state index < -0.39 is 0 Å². The monoisotopic (exact) mass is 373 g/mol. The molecule has 27 heavy (non-hydrogen) atoms. The molecule has 1 aromatic carbocycles. The number of rotatable bonds is 7. The van der Waals surface area contributed by atoms with E-state index in [0.717, 1.165) is 38.2 Å². The number of hydrogen-bond donors (Lipinski definition) is 1. The molecule has 2 aliphatic heterocycles. The van der Waals surface area contributed by atoms with E-state index >= 15 is 0 Å². The van der Waals surface area contributed by atoms with E-state index in [2.05, 4.69) is 17.1 Å². The molecule has 0 spiro atoms. The molecular formula is C21H31N3O3. The van der Waals surface area contributed by atoms with Crippen molar-refractivity contribution in [2.24, 2.45) is 5.92 Å². The minimum atomic E-state index is -0.291.